The number of aromatic nitrogens is 2. The summed E-state index contributed by atoms with van der Waals surface area (Å²) in [7, 11) is 0. The van der Waals surface area contributed by atoms with Gasteiger partial charge in [-0.15, -0.1) is 0 Å². The zero-order chi connectivity index (χ0) is 15.1. The Morgan fingerprint density at radius 2 is 2.27 bits per heavy atom. The lowest BCUT2D eigenvalue weighted by Gasteiger charge is -2.24. The Balaban J connectivity index is 1.51. The van der Waals surface area contributed by atoms with Gasteiger partial charge in [0, 0.05) is 18.9 Å². The fraction of sp³-hybridized carbons (Fsp3) is 0.533. The molecule has 2 aliphatic rings. The second-order valence-corrected chi connectivity index (χ2v) is 5.86. The molecule has 0 bridgehead atoms. The molecule has 1 amide bonds. The first-order valence-electron chi connectivity index (χ1n) is 7.67. The van der Waals surface area contributed by atoms with Crippen LogP contribution in [0.5, 0.6) is 0 Å². The zero-order valence-corrected chi connectivity index (χ0v) is 12.2. The van der Waals surface area contributed by atoms with Gasteiger partial charge in [0.1, 0.15) is 17.7 Å². The van der Waals surface area contributed by atoms with Crippen LogP contribution >= 0.6 is 0 Å². The van der Waals surface area contributed by atoms with Gasteiger partial charge < -0.3 is 19.5 Å². The number of rotatable bonds is 3. The van der Waals surface area contributed by atoms with E-state index in [1.165, 1.54) is 12.7 Å². The molecule has 22 heavy (non-hydrogen) atoms. The van der Waals surface area contributed by atoms with Crippen molar-refractivity contribution in [2.75, 3.05) is 6.54 Å². The van der Waals surface area contributed by atoms with E-state index in [-0.39, 0.29) is 12.5 Å². The molecule has 116 valence electrons. The predicted octanol–water partition coefficient (Wildman–Crippen LogP) is 1.59. The molecule has 7 nitrogen and oxygen atoms in total. The largest absolute Gasteiger partial charge is 0.447 e. The van der Waals surface area contributed by atoms with Gasteiger partial charge in [-0.05, 0) is 12.8 Å². The van der Waals surface area contributed by atoms with Crippen LogP contribution in [0.1, 0.15) is 58.9 Å². The number of hydrogen-bond donors (Lipinski definition) is 1. The van der Waals surface area contributed by atoms with E-state index in [9.17, 15) is 4.79 Å². The molecule has 1 saturated carbocycles. The third kappa shape index (κ3) is 2.21. The maximum Gasteiger partial charge on any atom is 0.276 e. The molecular weight excluding hydrogens is 284 g/mol. The van der Waals surface area contributed by atoms with Gasteiger partial charge >= 0.3 is 0 Å². The molecule has 1 aliphatic carbocycles. The van der Waals surface area contributed by atoms with E-state index in [0.29, 0.717) is 37.0 Å². The first-order valence-corrected chi connectivity index (χ1v) is 7.67. The average molecular weight is 302 g/mol. The van der Waals surface area contributed by atoms with Gasteiger partial charge in [0.25, 0.3) is 5.91 Å². The Labute approximate surface area is 127 Å². The monoisotopic (exact) mass is 302 g/mol. The molecule has 2 aromatic rings. The van der Waals surface area contributed by atoms with Crippen LogP contribution in [0.25, 0.3) is 0 Å². The van der Waals surface area contributed by atoms with Crippen molar-refractivity contribution in [2.24, 2.45) is 5.73 Å². The molecule has 7 heteroatoms. The summed E-state index contributed by atoms with van der Waals surface area (Å²) >= 11 is 0. The Bertz CT molecular complexity index is 701. The molecule has 0 atom stereocenters. The van der Waals surface area contributed by atoms with E-state index in [4.69, 9.17) is 14.6 Å². The molecule has 0 saturated heterocycles. The maximum absolute atomic E-state index is 12.5. The molecule has 0 radical (unpaired) electrons. The number of carbonyl (C=O) groups excluding carboxylic acids is 1. The highest BCUT2D eigenvalue weighted by atomic mass is 16.4. The van der Waals surface area contributed by atoms with Crippen LogP contribution in [0.4, 0.5) is 0 Å². The quantitative estimate of drug-likeness (QED) is 0.924. The fourth-order valence-electron chi connectivity index (χ4n) is 2.89. The molecule has 3 heterocycles. The molecule has 1 aliphatic heterocycles. The highest BCUT2D eigenvalue weighted by molar-refractivity contribution is 5.92. The van der Waals surface area contributed by atoms with E-state index >= 15 is 0 Å². The normalized spacial score (nSPS) is 18.1. The van der Waals surface area contributed by atoms with Crippen molar-refractivity contribution in [2.45, 2.75) is 44.7 Å². The van der Waals surface area contributed by atoms with Crippen LogP contribution in [0.3, 0.4) is 0 Å². The highest BCUT2D eigenvalue weighted by Gasteiger charge is 2.31. The van der Waals surface area contributed by atoms with Crippen molar-refractivity contribution in [1.82, 2.24) is 14.9 Å². The Hall–Kier alpha value is -2.15. The summed E-state index contributed by atoms with van der Waals surface area (Å²) in [6, 6.07) is 0. The van der Waals surface area contributed by atoms with Crippen LogP contribution in [0.2, 0.25) is 0 Å². The van der Waals surface area contributed by atoms with E-state index in [2.05, 4.69) is 9.97 Å². The summed E-state index contributed by atoms with van der Waals surface area (Å²) in [5.74, 6) is 2.46. The van der Waals surface area contributed by atoms with Crippen LogP contribution in [-0.4, -0.2) is 27.3 Å². The Morgan fingerprint density at radius 3 is 2.95 bits per heavy atom. The second-order valence-electron chi connectivity index (χ2n) is 5.86. The van der Waals surface area contributed by atoms with Crippen LogP contribution in [0.15, 0.2) is 15.1 Å². The third-order valence-electron chi connectivity index (χ3n) is 4.43. The molecule has 0 spiro atoms. The number of oxazole rings is 2. The van der Waals surface area contributed by atoms with E-state index in [1.807, 2.05) is 0 Å². The standard InChI is InChI=1S/C15H18N4O3/c16-6-13-17-11(8-21-13)15(20)19-5-4-12-10(7-19)18-14(22-12)9-2-1-3-9/h8-9H,1-7,16H2. The predicted molar refractivity (Wildman–Crippen MR) is 75.9 cm³/mol. The van der Waals surface area contributed by atoms with Crippen LogP contribution in [0, 0.1) is 0 Å². The minimum absolute atomic E-state index is 0.151. The van der Waals surface area contributed by atoms with Crippen LogP contribution in [-0.2, 0) is 19.5 Å². The summed E-state index contributed by atoms with van der Waals surface area (Å²) in [6.45, 7) is 1.26. The number of carbonyl (C=O) groups is 1. The maximum atomic E-state index is 12.5. The fourth-order valence-corrected chi connectivity index (χ4v) is 2.89. The lowest BCUT2D eigenvalue weighted by molar-refractivity contribution is 0.0721. The third-order valence-corrected chi connectivity index (χ3v) is 4.43. The van der Waals surface area contributed by atoms with Crippen molar-refractivity contribution in [3.63, 3.8) is 0 Å². The average Bonchev–Trinajstić information content (AvgIpc) is 3.10. The summed E-state index contributed by atoms with van der Waals surface area (Å²) in [4.78, 5) is 22.9. The lowest BCUT2D eigenvalue weighted by atomic mass is 9.85. The minimum atomic E-state index is -0.151. The van der Waals surface area contributed by atoms with Crippen molar-refractivity contribution in [1.29, 1.82) is 0 Å². The number of hydrogen-bond acceptors (Lipinski definition) is 6. The molecule has 0 aromatic carbocycles. The van der Waals surface area contributed by atoms with Gasteiger partial charge in [0.15, 0.2) is 11.6 Å². The SMILES string of the molecule is NCc1nc(C(=O)N2CCc3oc(C4CCC4)nc3C2)co1. The number of fused-ring (bicyclic) bond motifs is 1. The van der Waals surface area contributed by atoms with Crippen molar-refractivity contribution >= 4 is 5.91 Å². The summed E-state index contributed by atoms with van der Waals surface area (Å²) in [5.41, 5.74) is 6.63. The topological polar surface area (TPSA) is 98.4 Å². The lowest BCUT2D eigenvalue weighted by Crippen LogP contribution is -2.36. The summed E-state index contributed by atoms with van der Waals surface area (Å²) < 4.78 is 11.0. The number of nitrogens with zero attached hydrogens (tertiary/aromatic N) is 3. The Morgan fingerprint density at radius 1 is 1.41 bits per heavy atom. The summed E-state index contributed by atoms with van der Waals surface area (Å²) in [5, 5.41) is 0. The van der Waals surface area contributed by atoms with Crippen molar-refractivity contribution in [3.8, 4) is 0 Å². The molecule has 0 unspecified atom stereocenters. The highest BCUT2D eigenvalue weighted by Crippen LogP contribution is 2.37. The first-order chi connectivity index (χ1) is 10.7. The second kappa shape index (κ2) is 5.24. The van der Waals surface area contributed by atoms with Gasteiger partial charge in [-0.3, -0.25) is 4.79 Å². The molecule has 1 fully saturated rings. The number of amides is 1. The smallest absolute Gasteiger partial charge is 0.276 e. The number of nitrogens with two attached hydrogens (primary N) is 1. The van der Waals surface area contributed by atoms with Gasteiger partial charge in [0.2, 0.25) is 5.89 Å². The summed E-state index contributed by atoms with van der Waals surface area (Å²) in [6.07, 6.45) is 5.62. The van der Waals surface area contributed by atoms with Crippen molar-refractivity contribution < 1.29 is 13.6 Å². The van der Waals surface area contributed by atoms with Gasteiger partial charge in [-0.2, -0.15) is 0 Å². The zero-order valence-electron chi connectivity index (χ0n) is 12.2. The van der Waals surface area contributed by atoms with Gasteiger partial charge in [-0.1, -0.05) is 6.42 Å². The van der Waals surface area contributed by atoms with Crippen LogP contribution < -0.4 is 5.73 Å². The van der Waals surface area contributed by atoms with Crippen molar-refractivity contribution in [3.05, 3.63) is 35.2 Å². The molecule has 2 aromatic heterocycles. The molecular formula is C15H18N4O3. The van der Waals surface area contributed by atoms with E-state index in [0.717, 1.165) is 30.2 Å². The molecule has 4 rings (SSSR count). The van der Waals surface area contributed by atoms with E-state index < -0.39 is 0 Å². The molecule has 2 N–H and O–H groups in total. The van der Waals surface area contributed by atoms with Gasteiger partial charge in [0.05, 0.1) is 13.1 Å². The first kappa shape index (κ1) is 13.5. The van der Waals surface area contributed by atoms with Gasteiger partial charge in [-0.25, -0.2) is 9.97 Å². The van der Waals surface area contributed by atoms with E-state index in [1.54, 1.807) is 4.90 Å². The Kier molecular flexibility index (Phi) is 3.22. The minimum Gasteiger partial charge on any atom is -0.447 e.